The van der Waals surface area contributed by atoms with Crippen molar-refractivity contribution in [2.45, 2.75) is 11.1 Å². The minimum absolute atomic E-state index is 0.0597. The molecule has 25 heavy (non-hydrogen) atoms. The maximum absolute atomic E-state index is 14.3. The molecule has 132 valence electrons. The van der Waals surface area contributed by atoms with Crippen LogP contribution >= 0.6 is 12.6 Å². The molecule has 3 rings (SSSR count). The molecule has 0 spiro atoms. The van der Waals surface area contributed by atoms with Gasteiger partial charge in [0.2, 0.25) is 4.20 Å². The van der Waals surface area contributed by atoms with Gasteiger partial charge in [-0.05, 0) is 25.1 Å². The van der Waals surface area contributed by atoms with E-state index in [-0.39, 0.29) is 17.1 Å². The number of nitrogens with zero attached hydrogens (tertiary/aromatic N) is 2. The van der Waals surface area contributed by atoms with Gasteiger partial charge in [-0.25, -0.2) is 18.2 Å². The van der Waals surface area contributed by atoms with Gasteiger partial charge in [0.1, 0.15) is 5.84 Å². The number of hydrogen-bond acceptors (Lipinski definition) is 5. The zero-order valence-corrected chi connectivity index (χ0v) is 14.3. The molecule has 1 N–H and O–H groups in total. The lowest BCUT2D eigenvalue weighted by atomic mass is 10.1. The van der Waals surface area contributed by atoms with Crippen molar-refractivity contribution in [2.75, 3.05) is 4.90 Å². The summed E-state index contributed by atoms with van der Waals surface area (Å²) in [6, 6.07) is 7.36. The van der Waals surface area contributed by atoms with Gasteiger partial charge in [-0.2, -0.15) is 8.42 Å². The number of fused-ring (bicyclic) bond motifs is 1. The summed E-state index contributed by atoms with van der Waals surface area (Å²) in [6.07, 6.45) is 0. The molecule has 1 unspecified atom stereocenters. The van der Waals surface area contributed by atoms with Crippen LogP contribution in [0.15, 0.2) is 41.4 Å². The Morgan fingerprint density at radius 1 is 1.12 bits per heavy atom. The third kappa shape index (κ3) is 2.52. The van der Waals surface area contributed by atoms with Gasteiger partial charge in [0.25, 0.3) is 0 Å². The van der Waals surface area contributed by atoms with Crippen molar-refractivity contribution >= 4 is 40.0 Å². The van der Waals surface area contributed by atoms with Crippen molar-refractivity contribution in [2.24, 2.45) is 4.99 Å². The molecule has 0 aromatic heterocycles. The van der Waals surface area contributed by atoms with Crippen molar-refractivity contribution in [1.82, 2.24) is 0 Å². The third-order valence-corrected chi connectivity index (χ3v) is 6.03. The fourth-order valence-corrected chi connectivity index (χ4v) is 4.04. The largest absolute Gasteiger partial charge is 0.304 e. The molecule has 2 aromatic rings. The molecule has 1 heterocycles. The topological polar surface area (TPSA) is 70.0 Å². The lowest BCUT2D eigenvalue weighted by Crippen LogP contribution is -2.52. The zero-order valence-electron chi connectivity index (χ0n) is 12.6. The van der Waals surface area contributed by atoms with Gasteiger partial charge in [0, 0.05) is 5.56 Å². The Labute approximate surface area is 147 Å². The molecule has 0 amide bonds. The van der Waals surface area contributed by atoms with Crippen LogP contribution in [0.2, 0.25) is 0 Å². The van der Waals surface area contributed by atoms with Gasteiger partial charge in [0.05, 0.1) is 11.4 Å². The normalized spacial score (nSPS) is 20.2. The van der Waals surface area contributed by atoms with Gasteiger partial charge < -0.3 is 0 Å². The number of hydrogen-bond donors (Lipinski definition) is 2. The number of aliphatic imine (C=N–C) groups is 1. The number of rotatable bonds is 2. The highest BCUT2D eigenvalue weighted by molar-refractivity contribution is 8.02. The highest BCUT2D eigenvalue weighted by atomic mass is 32.3. The summed E-state index contributed by atoms with van der Waals surface area (Å²) >= 11 is 4.11. The Balaban J connectivity index is 2.39. The Bertz CT molecular complexity index is 1010. The molecular formula is C15H11F3N2O3S2. The van der Waals surface area contributed by atoms with Crippen LogP contribution in [0, 0.1) is 17.5 Å². The molecule has 10 heteroatoms. The predicted molar refractivity (Wildman–Crippen MR) is 90.2 cm³/mol. The summed E-state index contributed by atoms with van der Waals surface area (Å²) in [7, 11) is -4.98. The quantitative estimate of drug-likeness (QED) is 0.469. The summed E-state index contributed by atoms with van der Waals surface area (Å²) in [6.45, 7) is 1.33. The van der Waals surface area contributed by atoms with E-state index in [0.717, 1.165) is 6.07 Å². The first-order valence-corrected chi connectivity index (χ1v) is 8.75. The smallest absolute Gasteiger partial charge is 0.293 e. The lowest BCUT2D eigenvalue weighted by molar-refractivity contribution is 0.443. The Morgan fingerprint density at radius 3 is 2.40 bits per heavy atom. The Morgan fingerprint density at radius 2 is 1.76 bits per heavy atom. The van der Waals surface area contributed by atoms with Gasteiger partial charge in [-0.3, -0.25) is 9.45 Å². The van der Waals surface area contributed by atoms with E-state index >= 15 is 0 Å². The van der Waals surface area contributed by atoms with Crippen LogP contribution < -0.4 is 4.90 Å². The molecule has 0 radical (unpaired) electrons. The summed E-state index contributed by atoms with van der Waals surface area (Å²) in [5, 5.41) is 0. The average Bonchev–Trinajstić information content (AvgIpc) is 2.53. The molecule has 5 nitrogen and oxygen atoms in total. The summed E-state index contributed by atoms with van der Waals surface area (Å²) in [5.41, 5.74) is -0.510. The molecule has 2 aromatic carbocycles. The van der Waals surface area contributed by atoms with Crippen LogP contribution in [0.3, 0.4) is 0 Å². The van der Waals surface area contributed by atoms with E-state index in [1.807, 2.05) is 0 Å². The second-order valence-electron chi connectivity index (χ2n) is 5.29. The van der Waals surface area contributed by atoms with Crippen LogP contribution in [0.25, 0.3) is 0 Å². The van der Waals surface area contributed by atoms with E-state index in [2.05, 4.69) is 17.6 Å². The monoisotopic (exact) mass is 388 g/mol. The molecule has 0 aliphatic carbocycles. The minimum Gasteiger partial charge on any atom is -0.293 e. The summed E-state index contributed by atoms with van der Waals surface area (Å²) in [4.78, 5) is 4.84. The summed E-state index contributed by atoms with van der Waals surface area (Å²) in [5.74, 6) is -4.94. The van der Waals surface area contributed by atoms with E-state index in [9.17, 15) is 26.1 Å². The molecule has 0 fully saturated rings. The molecule has 0 saturated carbocycles. The van der Waals surface area contributed by atoms with Gasteiger partial charge in [-0.1, -0.05) is 18.2 Å². The maximum Gasteiger partial charge on any atom is 0.304 e. The van der Waals surface area contributed by atoms with Crippen molar-refractivity contribution in [3.63, 3.8) is 0 Å². The first kappa shape index (κ1) is 17.8. The number of benzene rings is 2. The minimum atomic E-state index is -4.98. The SMILES string of the molecule is CC1=Nc2ccccc2C(S)(S(=O)(=O)O)N1c1ccc(F)c(F)c1F. The van der Waals surface area contributed by atoms with Crippen molar-refractivity contribution in [3.05, 3.63) is 59.4 Å². The number of halogens is 3. The van der Waals surface area contributed by atoms with Gasteiger partial charge in [-0.15, -0.1) is 12.6 Å². The highest BCUT2D eigenvalue weighted by Gasteiger charge is 2.52. The van der Waals surface area contributed by atoms with Crippen LogP contribution in [-0.4, -0.2) is 18.8 Å². The van der Waals surface area contributed by atoms with E-state index < -0.39 is 37.5 Å². The highest BCUT2D eigenvalue weighted by Crippen LogP contribution is 2.48. The van der Waals surface area contributed by atoms with Crippen LogP contribution in [0.4, 0.5) is 24.5 Å². The number of amidine groups is 1. The van der Waals surface area contributed by atoms with Crippen LogP contribution in [0.1, 0.15) is 12.5 Å². The zero-order chi connectivity index (χ0) is 18.6. The average molecular weight is 388 g/mol. The number of thiol groups is 1. The van der Waals surface area contributed by atoms with E-state index in [0.29, 0.717) is 11.0 Å². The van der Waals surface area contributed by atoms with Gasteiger partial charge in [0.15, 0.2) is 17.5 Å². The molecule has 1 aliphatic rings. The van der Waals surface area contributed by atoms with Crippen molar-refractivity contribution in [1.29, 1.82) is 0 Å². The second kappa shape index (κ2) is 5.75. The number of para-hydroxylation sites is 1. The predicted octanol–water partition coefficient (Wildman–Crippen LogP) is 3.60. The van der Waals surface area contributed by atoms with Gasteiger partial charge >= 0.3 is 10.1 Å². The summed E-state index contributed by atoms with van der Waals surface area (Å²) < 4.78 is 72.9. The molecule has 1 aliphatic heterocycles. The maximum atomic E-state index is 14.3. The standard InChI is InChI=1S/C15H11F3N2O3S2/c1-8-19-11-5-3-2-4-9(11)15(24,25(21,22)23)20(8)12-7-6-10(16)13(17)14(12)18/h2-7,24H,1H3,(H,21,22,23). The van der Waals surface area contributed by atoms with E-state index in [4.69, 9.17) is 0 Å². The Kier molecular flexibility index (Phi) is 4.09. The lowest BCUT2D eigenvalue weighted by Gasteiger charge is -2.42. The van der Waals surface area contributed by atoms with Crippen molar-refractivity contribution < 1.29 is 26.1 Å². The van der Waals surface area contributed by atoms with Crippen LogP contribution in [0.5, 0.6) is 0 Å². The molecule has 0 bridgehead atoms. The Hall–Kier alpha value is -2.04. The first-order valence-electron chi connectivity index (χ1n) is 6.87. The molecule has 0 saturated heterocycles. The van der Waals surface area contributed by atoms with E-state index in [1.54, 1.807) is 6.07 Å². The fourth-order valence-electron chi connectivity index (χ4n) is 2.69. The molecule has 1 atom stereocenters. The fraction of sp³-hybridized carbons (Fsp3) is 0.133. The van der Waals surface area contributed by atoms with E-state index in [1.165, 1.54) is 25.1 Å². The van der Waals surface area contributed by atoms with Crippen molar-refractivity contribution in [3.8, 4) is 0 Å². The first-order chi connectivity index (χ1) is 11.6. The molecular weight excluding hydrogens is 377 g/mol. The number of anilines is 1. The third-order valence-electron chi connectivity index (χ3n) is 3.78. The second-order valence-corrected chi connectivity index (χ2v) is 7.78. The van der Waals surface area contributed by atoms with Crippen LogP contribution in [-0.2, 0) is 14.3 Å².